The molecule has 1 aromatic heterocycles. The van der Waals surface area contributed by atoms with E-state index in [1.165, 1.54) is 37.4 Å². The Morgan fingerprint density at radius 2 is 2.29 bits per heavy atom. The topological polar surface area (TPSA) is 152 Å². The maximum absolute atomic E-state index is 15.2. The first-order valence-corrected chi connectivity index (χ1v) is 9.06. The Kier molecular flexibility index (Phi) is 6.48. The first-order valence-electron chi connectivity index (χ1n) is 7.96. The third kappa shape index (κ3) is 4.34. The van der Waals surface area contributed by atoms with Gasteiger partial charge in [0.1, 0.15) is 11.9 Å². The van der Waals surface area contributed by atoms with Crippen LogP contribution < -0.4 is 17.2 Å². The Morgan fingerprint density at radius 1 is 1.61 bits per heavy atom. The standard InChI is InChI=1S/C16H20FN4O6P/c1-4-6-10(5-2)27-28(24)25-9-16(17)12(22)15(3,19)13(26-16)21-8-7-11(18)20-14(21)23/h4-8,12-13,22H,1-2,9,19H2,3H3,(H-,18,20,23)/p+1. The monoisotopic (exact) mass is 415 g/mol. The molecule has 1 aliphatic rings. The zero-order valence-corrected chi connectivity index (χ0v) is 15.9. The molecule has 0 saturated carbocycles. The van der Waals surface area contributed by atoms with Gasteiger partial charge in [-0.25, -0.2) is 13.7 Å². The molecule has 12 heteroatoms. The second-order valence-electron chi connectivity index (χ2n) is 6.16. The Balaban J connectivity index is 2.18. The van der Waals surface area contributed by atoms with Crippen molar-refractivity contribution in [2.45, 2.75) is 30.6 Å². The molecule has 0 spiro atoms. The minimum Gasteiger partial charge on any atom is -0.385 e. The molecule has 2 rings (SSSR count). The number of aliphatic hydroxyl groups excluding tert-OH is 1. The fourth-order valence-corrected chi connectivity index (χ4v) is 3.20. The van der Waals surface area contributed by atoms with Gasteiger partial charge in [-0.05, 0) is 25.1 Å². The highest BCUT2D eigenvalue weighted by Crippen LogP contribution is 2.45. The molecule has 5 unspecified atom stereocenters. The minimum absolute atomic E-state index is 0.0480. The number of nitrogens with zero attached hydrogens (tertiary/aromatic N) is 2. The van der Waals surface area contributed by atoms with Crippen LogP contribution in [0.15, 0.2) is 54.2 Å². The van der Waals surface area contributed by atoms with Crippen molar-refractivity contribution >= 4 is 14.1 Å². The van der Waals surface area contributed by atoms with E-state index in [1.54, 1.807) is 0 Å². The predicted octanol–water partition coefficient (Wildman–Crippen LogP) is 1.04. The fourth-order valence-electron chi connectivity index (χ4n) is 2.56. The molecule has 28 heavy (non-hydrogen) atoms. The van der Waals surface area contributed by atoms with Crippen LogP contribution in [0.5, 0.6) is 0 Å². The van der Waals surface area contributed by atoms with E-state index in [4.69, 9.17) is 25.3 Å². The van der Waals surface area contributed by atoms with Crippen LogP contribution in [0.25, 0.3) is 0 Å². The van der Waals surface area contributed by atoms with Crippen LogP contribution >= 0.6 is 8.25 Å². The number of rotatable bonds is 8. The summed E-state index contributed by atoms with van der Waals surface area (Å²) in [4.78, 5) is 15.5. The van der Waals surface area contributed by atoms with E-state index in [-0.39, 0.29) is 11.6 Å². The van der Waals surface area contributed by atoms with Crippen molar-refractivity contribution in [2.75, 3.05) is 12.3 Å². The minimum atomic E-state index is -2.88. The molecule has 0 aromatic carbocycles. The number of hydrogen-bond donors (Lipinski definition) is 3. The first-order chi connectivity index (χ1) is 13.0. The predicted molar refractivity (Wildman–Crippen MR) is 98.6 cm³/mol. The summed E-state index contributed by atoms with van der Waals surface area (Å²) in [5, 5.41) is 10.3. The molecule has 1 aliphatic heterocycles. The van der Waals surface area contributed by atoms with Crippen molar-refractivity contribution in [3.05, 3.63) is 59.9 Å². The number of hydrogen-bond acceptors (Lipinski definition) is 9. The van der Waals surface area contributed by atoms with Gasteiger partial charge in [0.05, 0.1) is 5.54 Å². The van der Waals surface area contributed by atoms with Crippen LogP contribution in [-0.2, 0) is 18.3 Å². The number of aliphatic hydroxyl groups is 1. The third-order valence-corrected chi connectivity index (χ3v) is 4.67. The highest BCUT2D eigenvalue weighted by atomic mass is 31.1. The SMILES string of the molecule is C=CC=C(C=C)O[P+](=O)OCC1(F)OC(n2ccc(N)nc2=O)C(C)(N)C1O. The average Bonchev–Trinajstić information content (AvgIpc) is 2.80. The summed E-state index contributed by atoms with van der Waals surface area (Å²) < 4.78 is 42.9. The maximum Gasteiger partial charge on any atom is 0.750 e. The normalized spacial score (nSPS) is 30.7. The summed E-state index contributed by atoms with van der Waals surface area (Å²) in [5.41, 5.74) is 8.83. The number of allylic oxidation sites excluding steroid dienone is 3. The lowest BCUT2D eigenvalue weighted by molar-refractivity contribution is -0.203. The van der Waals surface area contributed by atoms with Gasteiger partial charge < -0.3 is 21.3 Å². The summed E-state index contributed by atoms with van der Waals surface area (Å²) >= 11 is 0. The second-order valence-corrected chi connectivity index (χ2v) is 7.05. The summed E-state index contributed by atoms with van der Waals surface area (Å²) in [5.74, 6) is -2.84. The van der Waals surface area contributed by atoms with E-state index in [0.717, 1.165) is 4.57 Å². The lowest BCUT2D eigenvalue weighted by Gasteiger charge is -2.28. The van der Waals surface area contributed by atoms with Crippen LogP contribution in [0.4, 0.5) is 10.2 Å². The average molecular weight is 415 g/mol. The van der Waals surface area contributed by atoms with Crippen LogP contribution in [0.3, 0.4) is 0 Å². The number of nitrogen functional groups attached to an aromatic ring is 1. The molecule has 0 aliphatic carbocycles. The van der Waals surface area contributed by atoms with Gasteiger partial charge in [-0.1, -0.05) is 19.2 Å². The lowest BCUT2D eigenvalue weighted by atomic mass is 9.92. The second kappa shape index (κ2) is 8.29. The van der Waals surface area contributed by atoms with Gasteiger partial charge in [-0.15, -0.1) is 4.52 Å². The van der Waals surface area contributed by atoms with E-state index in [0.29, 0.717) is 0 Å². The van der Waals surface area contributed by atoms with Crippen molar-refractivity contribution in [3.63, 3.8) is 0 Å². The Hall–Kier alpha value is -2.43. The molecule has 0 amide bonds. The number of nitrogens with two attached hydrogens (primary N) is 2. The number of halogens is 1. The Bertz CT molecular complexity index is 873. The van der Waals surface area contributed by atoms with Crippen molar-refractivity contribution in [1.82, 2.24) is 9.55 Å². The third-order valence-electron chi connectivity index (χ3n) is 3.97. The van der Waals surface area contributed by atoms with Gasteiger partial charge in [0.2, 0.25) is 0 Å². The number of aromatic nitrogens is 2. The summed E-state index contributed by atoms with van der Waals surface area (Å²) in [7, 11) is -2.82. The van der Waals surface area contributed by atoms with Crippen molar-refractivity contribution in [1.29, 1.82) is 0 Å². The fraction of sp³-hybridized carbons (Fsp3) is 0.375. The molecule has 10 nitrogen and oxygen atoms in total. The van der Waals surface area contributed by atoms with Crippen molar-refractivity contribution < 1.29 is 27.8 Å². The van der Waals surface area contributed by atoms with Gasteiger partial charge in [0.25, 0.3) is 5.85 Å². The van der Waals surface area contributed by atoms with E-state index in [1.807, 2.05) is 0 Å². The zero-order chi connectivity index (χ0) is 21.1. The molecule has 1 fully saturated rings. The Labute approximate surface area is 160 Å². The van der Waals surface area contributed by atoms with Gasteiger partial charge in [0.15, 0.2) is 18.6 Å². The van der Waals surface area contributed by atoms with Gasteiger partial charge in [0, 0.05) is 10.8 Å². The van der Waals surface area contributed by atoms with Crippen LogP contribution in [-0.4, -0.2) is 38.8 Å². The van der Waals surface area contributed by atoms with E-state index < -0.39 is 44.3 Å². The zero-order valence-electron chi connectivity index (χ0n) is 15.0. The van der Waals surface area contributed by atoms with Gasteiger partial charge in [-0.2, -0.15) is 4.98 Å². The number of anilines is 1. The molecule has 0 radical (unpaired) electrons. The Morgan fingerprint density at radius 3 is 2.86 bits per heavy atom. The molecule has 1 saturated heterocycles. The summed E-state index contributed by atoms with van der Waals surface area (Å²) in [6.45, 7) is 7.19. The van der Waals surface area contributed by atoms with E-state index in [2.05, 4.69) is 18.1 Å². The smallest absolute Gasteiger partial charge is 0.385 e. The molecule has 152 valence electrons. The molecular formula is C16H21FN4O6P+. The van der Waals surface area contributed by atoms with E-state index in [9.17, 15) is 14.5 Å². The molecule has 1 aromatic rings. The van der Waals surface area contributed by atoms with Gasteiger partial charge in [-0.3, -0.25) is 4.57 Å². The highest BCUT2D eigenvalue weighted by molar-refractivity contribution is 7.33. The highest BCUT2D eigenvalue weighted by Gasteiger charge is 2.63. The molecule has 5 atom stereocenters. The molecule has 2 heterocycles. The lowest BCUT2D eigenvalue weighted by Crippen LogP contribution is -2.55. The first kappa shape index (κ1) is 21.9. The van der Waals surface area contributed by atoms with Gasteiger partial charge >= 0.3 is 13.9 Å². The largest absolute Gasteiger partial charge is 0.750 e. The van der Waals surface area contributed by atoms with Crippen molar-refractivity contribution in [3.8, 4) is 0 Å². The molecule has 0 bridgehead atoms. The quantitative estimate of drug-likeness (QED) is 0.321. The molecular weight excluding hydrogens is 394 g/mol. The number of ether oxygens (including phenoxy) is 1. The van der Waals surface area contributed by atoms with E-state index >= 15 is 4.39 Å². The summed E-state index contributed by atoms with van der Waals surface area (Å²) in [6, 6.07) is 1.29. The van der Waals surface area contributed by atoms with Crippen LogP contribution in [0.2, 0.25) is 0 Å². The van der Waals surface area contributed by atoms with Crippen LogP contribution in [0, 0.1) is 0 Å². The maximum atomic E-state index is 15.2. The van der Waals surface area contributed by atoms with Crippen LogP contribution in [0.1, 0.15) is 13.2 Å². The van der Waals surface area contributed by atoms with Crippen molar-refractivity contribution in [2.24, 2.45) is 5.73 Å². The summed E-state index contributed by atoms with van der Waals surface area (Å²) in [6.07, 6.45) is 1.82. The number of alkyl halides is 1. The molecule has 5 N–H and O–H groups in total.